The Morgan fingerprint density at radius 3 is 2.55 bits per heavy atom. The van der Waals surface area contributed by atoms with E-state index in [0.29, 0.717) is 6.04 Å². The molecule has 0 saturated heterocycles. The summed E-state index contributed by atoms with van der Waals surface area (Å²) < 4.78 is 7.67. The number of aryl methyl sites for hydroxylation is 2. The number of rotatable bonds is 9. The molecule has 1 atom stereocenters. The second-order valence-corrected chi connectivity index (χ2v) is 5.84. The average Bonchev–Trinajstić information content (AvgIpc) is 2.86. The Labute approximate surface area is 123 Å². The summed E-state index contributed by atoms with van der Waals surface area (Å²) in [6.45, 7) is 12.6. The van der Waals surface area contributed by atoms with Gasteiger partial charge in [-0.1, -0.05) is 13.8 Å². The van der Waals surface area contributed by atoms with Crippen LogP contribution in [0.3, 0.4) is 0 Å². The van der Waals surface area contributed by atoms with Crippen LogP contribution in [-0.2, 0) is 17.7 Å². The highest BCUT2D eigenvalue weighted by molar-refractivity contribution is 5.14. The summed E-state index contributed by atoms with van der Waals surface area (Å²) in [4.78, 5) is 0. The molecule has 0 saturated carbocycles. The summed E-state index contributed by atoms with van der Waals surface area (Å²) >= 11 is 0. The van der Waals surface area contributed by atoms with E-state index in [4.69, 9.17) is 4.74 Å². The molecule has 1 aromatic rings. The van der Waals surface area contributed by atoms with Gasteiger partial charge < -0.3 is 10.1 Å². The van der Waals surface area contributed by atoms with E-state index in [2.05, 4.69) is 55.8 Å². The minimum absolute atomic E-state index is 0.0711. The third-order valence-corrected chi connectivity index (χ3v) is 3.92. The van der Waals surface area contributed by atoms with Crippen molar-refractivity contribution in [2.45, 2.75) is 72.1 Å². The van der Waals surface area contributed by atoms with Crippen molar-refractivity contribution < 1.29 is 4.74 Å². The molecular formula is C16H31N3O. The molecule has 1 rings (SSSR count). The Morgan fingerprint density at radius 1 is 1.35 bits per heavy atom. The summed E-state index contributed by atoms with van der Waals surface area (Å²) in [5.74, 6) is 0. The average molecular weight is 281 g/mol. The summed E-state index contributed by atoms with van der Waals surface area (Å²) in [7, 11) is 1.79. The standard InChI is InChI=1S/C16H31N3O/c1-7-13-12-15(19(9-3)18-13)14(17-8-2)10-11-16(4,5)20-6/h12,14,17H,7-11H2,1-6H3. The minimum Gasteiger partial charge on any atom is -0.379 e. The minimum atomic E-state index is -0.0711. The Bertz CT molecular complexity index is 398. The number of nitrogens with zero attached hydrogens (tertiary/aromatic N) is 2. The fraction of sp³-hybridized carbons (Fsp3) is 0.812. The van der Waals surface area contributed by atoms with Gasteiger partial charge >= 0.3 is 0 Å². The van der Waals surface area contributed by atoms with Crippen molar-refractivity contribution in [3.05, 3.63) is 17.5 Å². The van der Waals surface area contributed by atoms with Crippen LogP contribution in [0.2, 0.25) is 0 Å². The lowest BCUT2D eigenvalue weighted by Gasteiger charge is -2.26. The molecule has 0 fully saturated rings. The highest BCUT2D eigenvalue weighted by Crippen LogP contribution is 2.25. The zero-order valence-electron chi connectivity index (χ0n) is 14.0. The Kier molecular flexibility index (Phi) is 6.69. The van der Waals surface area contributed by atoms with Gasteiger partial charge in [0.2, 0.25) is 0 Å². The second kappa shape index (κ2) is 7.79. The van der Waals surface area contributed by atoms with E-state index < -0.39 is 0 Å². The maximum Gasteiger partial charge on any atom is 0.0625 e. The van der Waals surface area contributed by atoms with Gasteiger partial charge in [0.05, 0.1) is 17.0 Å². The van der Waals surface area contributed by atoms with Crippen molar-refractivity contribution in [2.24, 2.45) is 0 Å². The van der Waals surface area contributed by atoms with Crippen LogP contribution in [0.5, 0.6) is 0 Å². The van der Waals surface area contributed by atoms with Gasteiger partial charge in [-0.15, -0.1) is 0 Å². The summed E-state index contributed by atoms with van der Waals surface area (Å²) in [5.41, 5.74) is 2.41. The number of ether oxygens (including phenoxy) is 1. The Morgan fingerprint density at radius 2 is 2.05 bits per heavy atom. The molecule has 1 unspecified atom stereocenters. The third kappa shape index (κ3) is 4.60. The lowest BCUT2D eigenvalue weighted by molar-refractivity contribution is 0.0115. The maximum atomic E-state index is 5.53. The largest absolute Gasteiger partial charge is 0.379 e. The number of methoxy groups -OCH3 is 1. The maximum absolute atomic E-state index is 5.53. The summed E-state index contributed by atoms with van der Waals surface area (Å²) in [5, 5.41) is 8.25. The topological polar surface area (TPSA) is 39.1 Å². The first-order valence-electron chi connectivity index (χ1n) is 7.82. The fourth-order valence-electron chi connectivity index (χ4n) is 2.39. The van der Waals surface area contributed by atoms with Crippen LogP contribution in [0.4, 0.5) is 0 Å². The molecule has 20 heavy (non-hydrogen) atoms. The van der Waals surface area contributed by atoms with Crippen LogP contribution >= 0.6 is 0 Å². The van der Waals surface area contributed by atoms with Crippen LogP contribution < -0.4 is 5.32 Å². The van der Waals surface area contributed by atoms with E-state index in [0.717, 1.165) is 32.4 Å². The van der Waals surface area contributed by atoms with E-state index in [9.17, 15) is 0 Å². The number of nitrogens with one attached hydrogen (secondary N) is 1. The van der Waals surface area contributed by atoms with Gasteiger partial charge in [0.15, 0.2) is 0 Å². The van der Waals surface area contributed by atoms with Crippen molar-refractivity contribution in [1.82, 2.24) is 15.1 Å². The lowest BCUT2D eigenvalue weighted by atomic mass is 9.97. The molecule has 1 N–H and O–H groups in total. The van der Waals surface area contributed by atoms with Crippen molar-refractivity contribution in [2.75, 3.05) is 13.7 Å². The van der Waals surface area contributed by atoms with Gasteiger partial charge in [-0.3, -0.25) is 4.68 Å². The first kappa shape index (κ1) is 17.2. The molecule has 0 radical (unpaired) electrons. The van der Waals surface area contributed by atoms with E-state index in [1.165, 1.54) is 11.4 Å². The van der Waals surface area contributed by atoms with Crippen molar-refractivity contribution in [3.63, 3.8) is 0 Å². The van der Waals surface area contributed by atoms with Gasteiger partial charge in [-0.05, 0) is 52.6 Å². The van der Waals surface area contributed by atoms with Gasteiger partial charge in [0, 0.05) is 19.7 Å². The van der Waals surface area contributed by atoms with E-state index >= 15 is 0 Å². The lowest BCUT2D eigenvalue weighted by Crippen LogP contribution is -2.28. The van der Waals surface area contributed by atoms with Crippen LogP contribution in [0.1, 0.15) is 64.9 Å². The number of hydrogen-bond acceptors (Lipinski definition) is 3. The Hall–Kier alpha value is -0.870. The van der Waals surface area contributed by atoms with Crippen LogP contribution in [0.25, 0.3) is 0 Å². The van der Waals surface area contributed by atoms with Crippen molar-refractivity contribution >= 4 is 0 Å². The Balaban J connectivity index is 2.87. The predicted molar refractivity (Wildman–Crippen MR) is 84.0 cm³/mol. The number of hydrogen-bond donors (Lipinski definition) is 1. The third-order valence-electron chi connectivity index (χ3n) is 3.92. The molecule has 4 nitrogen and oxygen atoms in total. The molecule has 0 aliphatic carbocycles. The van der Waals surface area contributed by atoms with Crippen molar-refractivity contribution in [1.29, 1.82) is 0 Å². The van der Waals surface area contributed by atoms with E-state index in [1.807, 2.05) is 0 Å². The van der Waals surface area contributed by atoms with Crippen LogP contribution in [0, 0.1) is 0 Å². The molecule has 116 valence electrons. The molecule has 4 heteroatoms. The predicted octanol–water partition coefficient (Wildman–Crippen LogP) is 3.32. The summed E-state index contributed by atoms with van der Waals surface area (Å²) in [6.07, 6.45) is 3.07. The molecule has 0 bridgehead atoms. The SMILES string of the molecule is CCNC(CCC(C)(C)OC)c1cc(CC)nn1CC. The second-order valence-electron chi connectivity index (χ2n) is 5.84. The van der Waals surface area contributed by atoms with Gasteiger partial charge in [0.25, 0.3) is 0 Å². The van der Waals surface area contributed by atoms with E-state index in [1.54, 1.807) is 7.11 Å². The van der Waals surface area contributed by atoms with Crippen LogP contribution in [-0.4, -0.2) is 29.0 Å². The molecule has 0 amide bonds. The van der Waals surface area contributed by atoms with E-state index in [-0.39, 0.29) is 5.60 Å². The molecule has 1 heterocycles. The normalized spacial score (nSPS) is 13.7. The van der Waals surface area contributed by atoms with Crippen molar-refractivity contribution in [3.8, 4) is 0 Å². The summed E-state index contributed by atoms with van der Waals surface area (Å²) in [6, 6.07) is 2.60. The molecule has 0 spiro atoms. The first-order chi connectivity index (χ1) is 9.47. The smallest absolute Gasteiger partial charge is 0.0625 e. The fourth-order valence-corrected chi connectivity index (χ4v) is 2.39. The molecule has 1 aromatic heterocycles. The quantitative estimate of drug-likeness (QED) is 0.754. The zero-order valence-corrected chi connectivity index (χ0v) is 14.0. The van der Waals surface area contributed by atoms with Gasteiger partial charge in [-0.25, -0.2) is 0 Å². The molecule has 0 aliphatic rings. The molecule has 0 aliphatic heterocycles. The number of aromatic nitrogens is 2. The molecular weight excluding hydrogens is 250 g/mol. The monoisotopic (exact) mass is 281 g/mol. The van der Waals surface area contributed by atoms with Crippen LogP contribution in [0.15, 0.2) is 6.07 Å². The highest BCUT2D eigenvalue weighted by Gasteiger charge is 2.22. The van der Waals surface area contributed by atoms with Gasteiger partial charge in [-0.2, -0.15) is 5.10 Å². The van der Waals surface area contributed by atoms with Gasteiger partial charge in [0.1, 0.15) is 0 Å². The first-order valence-corrected chi connectivity index (χ1v) is 7.82. The zero-order chi connectivity index (χ0) is 15.2. The molecule has 0 aromatic carbocycles. The highest BCUT2D eigenvalue weighted by atomic mass is 16.5.